The summed E-state index contributed by atoms with van der Waals surface area (Å²) in [4.78, 5) is 12.5. The highest BCUT2D eigenvalue weighted by molar-refractivity contribution is 5.76. The Kier molecular flexibility index (Phi) is 5.43. The summed E-state index contributed by atoms with van der Waals surface area (Å²) in [5.74, 6) is 0.350. The molecule has 0 fully saturated rings. The van der Waals surface area contributed by atoms with E-state index in [0.29, 0.717) is 0 Å². The van der Waals surface area contributed by atoms with Gasteiger partial charge >= 0.3 is 5.97 Å². The van der Waals surface area contributed by atoms with E-state index in [1.165, 1.54) is 0 Å². The Hall–Kier alpha value is -1.51. The van der Waals surface area contributed by atoms with E-state index in [9.17, 15) is 9.90 Å². The van der Waals surface area contributed by atoms with Crippen LogP contribution in [0.1, 0.15) is 65.9 Å². The standard InChI is InChI=1S/C18H28O3/c1-7-18(6,16(20)21-17(3,4)5)12-13(2)14-8-10-15(19)11-9-14/h8-11,13,19H,7,12H2,1-6H3. The summed E-state index contributed by atoms with van der Waals surface area (Å²) in [6, 6.07) is 7.18. The Labute approximate surface area is 128 Å². The van der Waals surface area contributed by atoms with Gasteiger partial charge in [0, 0.05) is 0 Å². The molecule has 3 nitrogen and oxygen atoms in total. The zero-order chi connectivity index (χ0) is 16.3. The molecule has 3 heteroatoms. The molecule has 0 spiro atoms. The first-order valence-corrected chi connectivity index (χ1v) is 7.60. The van der Waals surface area contributed by atoms with Crippen molar-refractivity contribution in [1.29, 1.82) is 0 Å². The van der Waals surface area contributed by atoms with Gasteiger partial charge < -0.3 is 9.84 Å². The number of carbonyl (C=O) groups is 1. The van der Waals surface area contributed by atoms with E-state index in [1.807, 2.05) is 46.8 Å². The molecule has 0 bridgehead atoms. The van der Waals surface area contributed by atoms with Crippen LogP contribution in [0, 0.1) is 5.41 Å². The van der Waals surface area contributed by atoms with Crippen molar-refractivity contribution in [2.75, 3.05) is 0 Å². The van der Waals surface area contributed by atoms with Crippen LogP contribution in [0.25, 0.3) is 0 Å². The molecule has 1 aromatic rings. The molecule has 0 aliphatic carbocycles. The van der Waals surface area contributed by atoms with Crippen molar-refractivity contribution in [3.05, 3.63) is 29.8 Å². The molecule has 0 aromatic heterocycles. The van der Waals surface area contributed by atoms with E-state index in [1.54, 1.807) is 12.1 Å². The van der Waals surface area contributed by atoms with Gasteiger partial charge in [0.25, 0.3) is 0 Å². The monoisotopic (exact) mass is 292 g/mol. The van der Waals surface area contributed by atoms with Crippen LogP contribution in [-0.4, -0.2) is 16.7 Å². The predicted molar refractivity (Wildman–Crippen MR) is 85.4 cm³/mol. The largest absolute Gasteiger partial charge is 0.508 e. The first-order valence-electron chi connectivity index (χ1n) is 7.60. The Balaban J connectivity index is 2.84. The lowest BCUT2D eigenvalue weighted by atomic mass is 9.77. The van der Waals surface area contributed by atoms with Crippen molar-refractivity contribution in [1.82, 2.24) is 0 Å². The molecule has 1 rings (SSSR count). The van der Waals surface area contributed by atoms with Gasteiger partial charge in [-0.05, 0) is 64.2 Å². The van der Waals surface area contributed by atoms with E-state index in [0.717, 1.165) is 18.4 Å². The van der Waals surface area contributed by atoms with Crippen molar-refractivity contribution in [2.24, 2.45) is 5.41 Å². The maximum atomic E-state index is 12.5. The van der Waals surface area contributed by atoms with Crippen molar-refractivity contribution in [3.63, 3.8) is 0 Å². The van der Waals surface area contributed by atoms with Crippen LogP contribution >= 0.6 is 0 Å². The summed E-state index contributed by atoms with van der Waals surface area (Å²) in [7, 11) is 0. The average molecular weight is 292 g/mol. The van der Waals surface area contributed by atoms with Gasteiger partial charge in [0.15, 0.2) is 0 Å². The fraction of sp³-hybridized carbons (Fsp3) is 0.611. The fourth-order valence-corrected chi connectivity index (χ4v) is 2.37. The number of rotatable bonds is 5. The lowest BCUT2D eigenvalue weighted by molar-refractivity contribution is -0.167. The Morgan fingerprint density at radius 3 is 2.14 bits per heavy atom. The Morgan fingerprint density at radius 2 is 1.71 bits per heavy atom. The molecule has 118 valence electrons. The molecule has 1 aromatic carbocycles. The van der Waals surface area contributed by atoms with Gasteiger partial charge in [-0.2, -0.15) is 0 Å². The van der Waals surface area contributed by atoms with Crippen molar-refractivity contribution < 1.29 is 14.6 Å². The number of esters is 1. The first kappa shape index (κ1) is 17.5. The minimum absolute atomic E-state index is 0.136. The molecule has 0 heterocycles. The zero-order valence-corrected chi connectivity index (χ0v) is 14.1. The lowest BCUT2D eigenvalue weighted by Gasteiger charge is -2.32. The van der Waals surface area contributed by atoms with Crippen LogP contribution in [0.2, 0.25) is 0 Å². The molecule has 2 atom stereocenters. The van der Waals surface area contributed by atoms with Gasteiger partial charge in [-0.25, -0.2) is 0 Å². The second-order valence-corrected chi connectivity index (χ2v) is 7.11. The van der Waals surface area contributed by atoms with E-state index in [-0.39, 0.29) is 17.6 Å². The van der Waals surface area contributed by atoms with E-state index in [2.05, 4.69) is 6.92 Å². The van der Waals surface area contributed by atoms with Gasteiger partial charge in [0.2, 0.25) is 0 Å². The SMILES string of the molecule is CCC(C)(CC(C)c1ccc(O)cc1)C(=O)OC(C)(C)C. The third kappa shape index (κ3) is 5.07. The maximum absolute atomic E-state index is 12.5. The number of phenols is 1. The summed E-state index contributed by atoms with van der Waals surface area (Å²) < 4.78 is 5.57. The minimum Gasteiger partial charge on any atom is -0.508 e. The van der Waals surface area contributed by atoms with Gasteiger partial charge in [-0.1, -0.05) is 26.0 Å². The molecular weight excluding hydrogens is 264 g/mol. The number of phenolic OH excluding ortho intramolecular Hbond substituents is 1. The van der Waals surface area contributed by atoms with Crippen LogP contribution in [-0.2, 0) is 9.53 Å². The summed E-state index contributed by atoms with van der Waals surface area (Å²) in [5.41, 5.74) is 0.163. The number of carbonyl (C=O) groups excluding carboxylic acids is 1. The highest BCUT2D eigenvalue weighted by Gasteiger charge is 2.37. The highest BCUT2D eigenvalue weighted by atomic mass is 16.6. The summed E-state index contributed by atoms with van der Waals surface area (Å²) in [5, 5.41) is 9.36. The molecule has 0 aliphatic heterocycles. The topological polar surface area (TPSA) is 46.5 Å². The third-order valence-electron chi connectivity index (χ3n) is 3.89. The maximum Gasteiger partial charge on any atom is 0.312 e. The number of hydrogen-bond donors (Lipinski definition) is 1. The highest BCUT2D eigenvalue weighted by Crippen LogP contribution is 2.37. The molecule has 0 radical (unpaired) electrons. The number of ether oxygens (including phenoxy) is 1. The first-order chi connectivity index (χ1) is 9.57. The quantitative estimate of drug-likeness (QED) is 0.804. The second kappa shape index (κ2) is 6.50. The van der Waals surface area contributed by atoms with Crippen molar-refractivity contribution in [2.45, 2.75) is 65.9 Å². The van der Waals surface area contributed by atoms with Crippen LogP contribution in [0.5, 0.6) is 5.75 Å². The molecule has 0 saturated carbocycles. The molecule has 0 aliphatic rings. The number of hydrogen-bond acceptors (Lipinski definition) is 3. The van der Waals surface area contributed by atoms with Crippen LogP contribution in [0.3, 0.4) is 0 Å². The zero-order valence-electron chi connectivity index (χ0n) is 14.1. The smallest absolute Gasteiger partial charge is 0.312 e. The van der Waals surface area contributed by atoms with Crippen molar-refractivity contribution in [3.8, 4) is 5.75 Å². The van der Waals surface area contributed by atoms with Crippen LogP contribution < -0.4 is 0 Å². The van der Waals surface area contributed by atoms with Crippen molar-refractivity contribution >= 4 is 5.97 Å². The summed E-state index contributed by atoms with van der Waals surface area (Å²) in [6.07, 6.45) is 1.47. The molecule has 21 heavy (non-hydrogen) atoms. The van der Waals surface area contributed by atoms with E-state index < -0.39 is 11.0 Å². The Bertz CT molecular complexity index is 470. The molecule has 0 amide bonds. The van der Waals surface area contributed by atoms with E-state index in [4.69, 9.17) is 4.74 Å². The molecule has 2 unspecified atom stereocenters. The number of benzene rings is 1. The average Bonchev–Trinajstić information content (AvgIpc) is 2.37. The predicted octanol–water partition coefficient (Wildman–Crippen LogP) is 4.64. The second-order valence-electron chi connectivity index (χ2n) is 7.11. The number of aromatic hydroxyl groups is 1. The molecular formula is C18H28O3. The summed E-state index contributed by atoms with van der Waals surface area (Å²) >= 11 is 0. The van der Waals surface area contributed by atoms with E-state index >= 15 is 0 Å². The molecule has 1 N–H and O–H groups in total. The van der Waals surface area contributed by atoms with Crippen LogP contribution in [0.15, 0.2) is 24.3 Å². The lowest BCUT2D eigenvalue weighted by Crippen LogP contribution is -2.36. The van der Waals surface area contributed by atoms with Gasteiger partial charge in [-0.15, -0.1) is 0 Å². The molecule has 0 saturated heterocycles. The normalized spacial score (nSPS) is 16.1. The van der Waals surface area contributed by atoms with Gasteiger partial charge in [-0.3, -0.25) is 4.79 Å². The van der Waals surface area contributed by atoms with Gasteiger partial charge in [0.05, 0.1) is 5.41 Å². The Morgan fingerprint density at radius 1 is 1.19 bits per heavy atom. The fourth-order valence-electron chi connectivity index (χ4n) is 2.37. The van der Waals surface area contributed by atoms with Crippen LogP contribution in [0.4, 0.5) is 0 Å². The summed E-state index contributed by atoms with van der Waals surface area (Å²) in [6.45, 7) is 11.8. The van der Waals surface area contributed by atoms with Gasteiger partial charge in [0.1, 0.15) is 11.4 Å². The minimum atomic E-state index is -0.495. The third-order valence-corrected chi connectivity index (χ3v) is 3.89.